The van der Waals surface area contributed by atoms with Crippen molar-refractivity contribution >= 4 is 26.7 Å². The highest BCUT2D eigenvalue weighted by Crippen LogP contribution is 2.21. The number of likely N-dealkylation sites (N-methyl/N-ethyl adjacent to an activating group) is 1. The fourth-order valence-electron chi connectivity index (χ4n) is 4.25. The number of methoxy groups -OCH3 is 1. The zero-order valence-electron chi connectivity index (χ0n) is 19.7. The predicted octanol–water partition coefficient (Wildman–Crippen LogP) is 3.20. The van der Waals surface area contributed by atoms with Gasteiger partial charge in [0.2, 0.25) is 15.9 Å². The molecule has 0 bridgehead atoms. The lowest BCUT2D eigenvalue weighted by Crippen LogP contribution is -2.42. The largest absolute Gasteiger partial charge is 0.497 e. The molecule has 7 nitrogen and oxygen atoms in total. The Morgan fingerprint density at radius 2 is 1.68 bits per heavy atom. The lowest BCUT2D eigenvalue weighted by molar-refractivity contribution is -0.131. The molecule has 34 heavy (non-hydrogen) atoms. The molecule has 4 rings (SSSR count). The van der Waals surface area contributed by atoms with Gasteiger partial charge in [0, 0.05) is 39.8 Å². The number of carbonyl (C=O) groups excluding carboxylic acids is 1. The maximum Gasteiger partial charge on any atom is 0.243 e. The first-order chi connectivity index (χ1) is 16.4. The smallest absolute Gasteiger partial charge is 0.243 e. The highest BCUT2D eigenvalue weighted by molar-refractivity contribution is 7.89. The summed E-state index contributed by atoms with van der Waals surface area (Å²) in [5.74, 6) is 0.664. The van der Waals surface area contributed by atoms with Crippen LogP contribution in [0.1, 0.15) is 12.0 Å². The van der Waals surface area contributed by atoms with Crippen LogP contribution < -0.4 is 4.74 Å². The molecule has 3 aromatic rings. The molecule has 1 aliphatic heterocycles. The van der Waals surface area contributed by atoms with Crippen molar-refractivity contribution in [3.8, 4) is 5.75 Å². The van der Waals surface area contributed by atoms with Crippen molar-refractivity contribution in [2.75, 3.05) is 46.9 Å². The van der Waals surface area contributed by atoms with Crippen molar-refractivity contribution < 1.29 is 17.9 Å². The van der Waals surface area contributed by atoms with Crippen LogP contribution in [-0.2, 0) is 21.4 Å². The fourth-order valence-corrected chi connectivity index (χ4v) is 5.41. The molecule has 1 aliphatic rings. The Morgan fingerprint density at radius 3 is 2.41 bits per heavy atom. The van der Waals surface area contributed by atoms with Gasteiger partial charge in [-0.25, -0.2) is 8.42 Å². The first-order valence-corrected chi connectivity index (χ1v) is 12.9. The number of hydrogen-bond acceptors (Lipinski definition) is 5. The van der Waals surface area contributed by atoms with Crippen LogP contribution in [0.3, 0.4) is 0 Å². The van der Waals surface area contributed by atoms with Gasteiger partial charge in [-0.05, 0) is 47.0 Å². The SMILES string of the molecule is COc1ccc(CN2CCCN(C(=O)CN(C)S(=O)(=O)c3ccc4ccccc4c3)CC2)cc1. The number of amides is 1. The Bertz CT molecular complexity index is 1240. The van der Waals surface area contributed by atoms with E-state index in [4.69, 9.17) is 4.74 Å². The molecule has 1 heterocycles. The predicted molar refractivity (Wildman–Crippen MR) is 133 cm³/mol. The number of nitrogens with zero attached hydrogens (tertiary/aromatic N) is 3. The van der Waals surface area contributed by atoms with E-state index in [1.54, 1.807) is 30.2 Å². The van der Waals surface area contributed by atoms with Crippen LogP contribution in [0.4, 0.5) is 0 Å². The number of benzene rings is 3. The van der Waals surface area contributed by atoms with Gasteiger partial charge < -0.3 is 9.64 Å². The van der Waals surface area contributed by atoms with E-state index >= 15 is 0 Å². The Labute approximate surface area is 201 Å². The molecule has 0 radical (unpaired) electrons. The summed E-state index contributed by atoms with van der Waals surface area (Å²) in [4.78, 5) is 17.3. The normalized spacial score (nSPS) is 15.4. The first-order valence-electron chi connectivity index (χ1n) is 11.4. The maximum atomic E-state index is 13.1. The molecule has 0 N–H and O–H groups in total. The zero-order chi connectivity index (χ0) is 24.1. The second kappa shape index (κ2) is 10.5. The minimum atomic E-state index is -3.77. The summed E-state index contributed by atoms with van der Waals surface area (Å²) in [6.07, 6.45) is 0.850. The summed E-state index contributed by atoms with van der Waals surface area (Å²) >= 11 is 0. The average Bonchev–Trinajstić information content (AvgIpc) is 3.09. The van der Waals surface area contributed by atoms with Crippen molar-refractivity contribution in [3.05, 3.63) is 72.3 Å². The minimum Gasteiger partial charge on any atom is -0.497 e. The Hall–Kier alpha value is -2.94. The Balaban J connectivity index is 1.35. The third-order valence-electron chi connectivity index (χ3n) is 6.29. The molecule has 0 unspecified atom stereocenters. The van der Waals surface area contributed by atoms with E-state index in [0.717, 1.165) is 46.9 Å². The Kier molecular flexibility index (Phi) is 7.50. The summed E-state index contributed by atoms with van der Waals surface area (Å²) < 4.78 is 32.6. The van der Waals surface area contributed by atoms with E-state index in [1.165, 1.54) is 12.6 Å². The van der Waals surface area contributed by atoms with E-state index < -0.39 is 10.0 Å². The zero-order valence-corrected chi connectivity index (χ0v) is 20.5. The number of sulfonamides is 1. The number of fused-ring (bicyclic) bond motifs is 1. The van der Waals surface area contributed by atoms with Crippen LogP contribution >= 0.6 is 0 Å². The van der Waals surface area contributed by atoms with E-state index in [0.29, 0.717) is 13.1 Å². The van der Waals surface area contributed by atoms with Gasteiger partial charge in [-0.1, -0.05) is 42.5 Å². The van der Waals surface area contributed by atoms with Gasteiger partial charge in [-0.2, -0.15) is 4.31 Å². The van der Waals surface area contributed by atoms with Crippen LogP contribution in [0.15, 0.2) is 71.6 Å². The highest BCUT2D eigenvalue weighted by atomic mass is 32.2. The second-order valence-corrected chi connectivity index (χ2v) is 10.7. The summed E-state index contributed by atoms with van der Waals surface area (Å²) in [6.45, 7) is 3.48. The molecule has 0 atom stereocenters. The van der Waals surface area contributed by atoms with E-state index in [1.807, 2.05) is 36.4 Å². The second-order valence-electron chi connectivity index (χ2n) is 8.63. The number of carbonyl (C=O) groups is 1. The standard InChI is InChI=1S/C26H31N3O4S/c1-27(34(31,32)25-13-10-22-6-3-4-7-23(22)18-25)20-26(30)29-15-5-14-28(16-17-29)19-21-8-11-24(33-2)12-9-21/h3-4,6-13,18H,5,14-17,19-20H2,1-2H3. The molecular formula is C26H31N3O4S. The lowest BCUT2D eigenvalue weighted by atomic mass is 10.1. The third kappa shape index (κ3) is 5.58. The van der Waals surface area contributed by atoms with Crippen molar-refractivity contribution in [1.82, 2.24) is 14.1 Å². The van der Waals surface area contributed by atoms with Gasteiger partial charge in [-0.15, -0.1) is 0 Å². The van der Waals surface area contributed by atoms with E-state index in [9.17, 15) is 13.2 Å². The quantitative estimate of drug-likeness (QED) is 0.518. The molecule has 0 saturated carbocycles. The minimum absolute atomic E-state index is 0.168. The first kappa shape index (κ1) is 24.2. The van der Waals surface area contributed by atoms with Crippen LogP contribution in [-0.4, -0.2) is 75.3 Å². The van der Waals surface area contributed by atoms with Crippen LogP contribution in [0.5, 0.6) is 5.75 Å². The van der Waals surface area contributed by atoms with Crippen molar-refractivity contribution in [2.24, 2.45) is 0 Å². The molecule has 0 aromatic heterocycles. The summed E-state index contributed by atoms with van der Waals surface area (Å²) in [5, 5.41) is 1.83. The van der Waals surface area contributed by atoms with Gasteiger partial charge in [0.15, 0.2) is 0 Å². The van der Waals surface area contributed by atoms with E-state index in [2.05, 4.69) is 17.0 Å². The highest BCUT2D eigenvalue weighted by Gasteiger charge is 2.26. The summed E-state index contributed by atoms with van der Waals surface area (Å²) in [7, 11) is -0.644. The topological polar surface area (TPSA) is 70.2 Å². The van der Waals surface area contributed by atoms with Gasteiger partial charge in [-0.3, -0.25) is 9.69 Å². The Morgan fingerprint density at radius 1 is 0.941 bits per heavy atom. The summed E-state index contributed by atoms with van der Waals surface area (Å²) in [6, 6.07) is 20.7. The molecule has 0 aliphatic carbocycles. The van der Waals surface area contributed by atoms with Gasteiger partial charge in [0.25, 0.3) is 0 Å². The van der Waals surface area contributed by atoms with Gasteiger partial charge in [0.1, 0.15) is 5.75 Å². The van der Waals surface area contributed by atoms with Gasteiger partial charge in [0.05, 0.1) is 18.6 Å². The molecule has 8 heteroatoms. The average molecular weight is 482 g/mol. The van der Waals surface area contributed by atoms with Crippen molar-refractivity contribution in [2.45, 2.75) is 17.9 Å². The lowest BCUT2D eigenvalue weighted by Gasteiger charge is -2.24. The molecule has 1 saturated heterocycles. The van der Waals surface area contributed by atoms with Crippen molar-refractivity contribution in [1.29, 1.82) is 0 Å². The monoisotopic (exact) mass is 481 g/mol. The van der Waals surface area contributed by atoms with E-state index in [-0.39, 0.29) is 17.3 Å². The van der Waals surface area contributed by atoms with Gasteiger partial charge >= 0.3 is 0 Å². The fraction of sp³-hybridized carbons (Fsp3) is 0.346. The number of hydrogen-bond donors (Lipinski definition) is 0. The van der Waals surface area contributed by atoms with Crippen molar-refractivity contribution in [3.63, 3.8) is 0 Å². The molecule has 1 amide bonds. The number of rotatable bonds is 7. The van der Waals surface area contributed by atoms with Crippen LogP contribution in [0.25, 0.3) is 10.8 Å². The summed E-state index contributed by atoms with van der Waals surface area (Å²) in [5.41, 5.74) is 1.20. The number of ether oxygens (including phenoxy) is 1. The molecule has 180 valence electrons. The molecule has 3 aromatic carbocycles. The molecule has 1 fully saturated rings. The molecular weight excluding hydrogens is 450 g/mol. The van der Waals surface area contributed by atoms with Crippen LogP contribution in [0, 0.1) is 0 Å². The molecule has 0 spiro atoms. The third-order valence-corrected chi connectivity index (χ3v) is 8.09. The van der Waals surface area contributed by atoms with Crippen LogP contribution in [0.2, 0.25) is 0 Å². The maximum absolute atomic E-state index is 13.1.